The fourth-order valence-corrected chi connectivity index (χ4v) is 3.99. The molecule has 2 nitrogen and oxygen atoms in total. The van der Waals surface area contributed by atoms with Crippen molar-refractivity contribution >= 4 is 0 Å². The van der Waals surface area contributed by atoms with Crippen LogP contribution in [-0.4, -0.2) is 10.2 Å². The van der Waals surface area contributed by atoms with Gasteiger partial charge in [-0.15, -0.1) is 0 Å². The van der Waals surface area contributed by atoms with Gasteiger partial charge in [0.1, 0.15) is 11.5 Å². The van der Waals surface area contributed by atoms with Gasteiger partial charge in [0.2, 0.25) is 0 Å². The third-order valence-electron chi connectivity index (χ3n) is 5.09. The third kappa shape index (κ3) is 3.53. The van der Waals surface area contributed by atoms with Crippen molar-refractivity contribution in [2.45, 2.75) is 65.7 Å². The van der Waals surface area contributed by atoms with Crippen molar-refractivity contribution in [2.75, 3.05) is 0 Å². The van der Waals surface area contributed by atoms with Crippen LogP contribution in [0.3, 0.4) is 0 Å². The molecule has 1 unspecified atom stereocenters. The standard InChI is InChI=1S/C19H30O2/c1-5-6-7-14-10-17(20)19(18(21)11-14)16-9-13(4)8-15(16)12(2)3/h10-13,15-16,20-21H,5-9H2,1-4H3/t13?,15-,16+/m0/s1. The molecule has 2 rings (SSSR count). The highest BCUT2D eigenvalue weighted by molar-refractivity contribution is 5.49. The zero-order chi connectivity index (χ0) is 15.6. The Kier molecular flexibility index (Phi) is 5.18. The van der Waals surface area contributed by atoms with Gasteiger partial charge in [-0.05, 0) is 67.1 Å². The predicted molar refractivity (Wildman–Crippen MR) is 87.9 cm³/mol. The number of rotatable bonds is 5. The molecule has 1 aromatic rings. The molecular weight excluding hydrogens is 260 g/mol. The summed E-state index contributed by atoms with van der Waals surface area (Å²) >= 11 is 0. The van der Waals surface area contributed by atoms with Gasteiger partial charge in [-0.25, -0.2) is 0 Å². The topological polar surface area (TPSA) is 40.5 Å². The van der Waals surface area contributed by atoms with Gasteiger partial charge in [0, 0.05) is 5.56 Å². The second kappa shape index (κ2) is 6.72. The molecule has 3 atom stereocenters. The average Bonchev–Trinajstić information content (AvgIpc) is 2.77. The number of benzene rings is 1. The molecule has 0 aromatic heterocycles. The van der Waals surface area contributed by atoms with Gasteiger partial charge in [-0.2, -0.15) is 0 Å². The minimum atomic E-state index is 0.292. The minimum Gasteiger partial charge on any atom is -0.508 e. The fourth-order valence-electron chi connectivity index (χ4n) is 3.99. The third-order valence-corrected chi connectivity index (χ3v) is 5.09. The lowest BCUT2D eigenvalue weighted by molar-refractivity contribution is 0.335. The molecule has 21 heavy (non-hydrogen) atoms. The molecule has 0 amide bonds. The van der Waals surface area contributed by atoms with Crippen LogP contribution in [0.25, 0.3) is 0 Å². The van der Waals surface area contributed by atoms with Crippen molar-refractivity contribution in [3.63, 3.8) is 0 Å². The summed E-state index contributed by atoms with van der Waals surface area (Å²) in [5.74, 6) is 2.69. The Morgan fingerprint density at radius 3 is 2.29 bits per heavy atom. The lowest BCUT2D eigenvalue weighted by atomic mass is 9.80. The Bertz CT molecular complexity index is 455. The van der Waals surface area contributed by atoms with Crippen LogP contribution in [0, 0.1) is 17.8 Å². The van der Waals surface area contributed by atoms with Gasteiger partial charge in [-0.3, -0.25) is 0 Å². The largest absolute Gasteiger partial charge is 0.508 e. The van der Waals surface area contributed by atoms with E-state index < -0.39 is 0 Å². The Morgan fingerprint density at radius 2 is 1.76 bits per heavy atom. The van der Waals surface area contributed by atoms with Crippen LogP contribution >= 0.6 is 0 Å². The van der Waals surface area contributed by atoms with Crippen LogP contribution in [-0.2, 0) is 6.42 Å². The molecule has 0 aliphatic heterocycles. The van der Waals surface area contributed by atoms with Crippen LogP contribution < -0.4 is 0 Å². The molecular formula is C19H30O2. The van der Waals surface area contributed by atoms with Crippen molar-refractivity contribution in [3.8, 4) is 11.5 Å². The SMILES string of the molecule is CCCCc1cc(O)c([C@@H]2CC(C)C[C@H]2C(C)C)c(O)c1. The highest BCUT2D eigenvalue weighted by Crippen LogP contribution is 2.51. The maximum absolute atomic E-state index is 10.5. The van der Waals surface area contributed by atoms with Gasteiger partial charge in [0.25, 0.3) is 0 Å². The molecule has 0 saturated heterocycles. The predicted octanol–water partition coefficient (Wildman–Crippen LogP) is 5.23. The molecule has 0 heterocycles. The average molecular weight is 290 g/mol. The number of phenolic OH excluding ortho intramolecular Hbond substituents is 2. The maximum Gasteiger partial charge on any atom is 0.123 e. The van der Waals surface area contributed by atoms with E-state index in [0.717, 1.165) is 36.8 Å². The van der Waals surface area contributed by atoms with E-state index in [1.165, 1.54) is 6.42 Å². The van der Waals surface area contributed by atoms with Gasteiger partial charge in [0.05, 0.1) is 0 Å². The van der Waals surface area contributed by atoms with Gasteiger partial charge in [0.15, 0.2) is 0 Å². The quantitative estimate of drug-likeness (QED) is 0.780. The Hall–Kier alpha value is -1.18. The second-order valence-corrected chi connectivity index (χ2v) is 7.24. The Labute approximate surface area is 129 Å². The van der Waals surface area contributed by atoms with Gasteiger partial charge in [-0.1, -0.05) is 34.1 Å². The lowest BCUT2D eigenvalue weighted by Crippen LogP contribution is -2.13. The molecule has 2 N–H and O–H groups in total. The van der Waals surface area contributed by atoms with Crippen LogP contribution in [0.15, 0.2) is 12.1 Å². The minimum absolute atomic E-state index is 0.292. The molecule has 2 heteroatoms. The van der Waals surface area contributed by atoms with E-state index in [0.29, 0.717) is 35.2 Å². The van der Waals surface area contributed by atoms with Crippen molar-refractivity contribution in [1.29, 1.82) is 0 Å². The first-order valence-electron chi connectivity index (χ1n) is 8.48. The smallest absolute Gasteiger partial charge is 0.123 e. The molecule has 0 spiro atoms. The first-order valence-corrected chi connectivity index (χ1v) is 8.48. The molecule has 1 fully saturated rings. The first-order chi connectivity index (χ1) is 9.93. The summed E-state index contributed by atoms with van der Waals surface area (Å²) in [6, 6.07) is 3.73. The van der Waals surface area contributed by atoms with Crippen molar-refractivity contribution in [3.05, 3.63) is 23.3 Å². The van der Waals surface area contributed by atoms with E-state index in [9.17, 15) is 10.2 Å². The van der Waals surface area contributed by atoms with E-state index in [1.807, 2.05) is 12.1 Å². The highest BCUT2D eigenvalue weighted by Gasteiger charge is 2.37. The van der Waals surface area contributed by atoms with Gasteiger partial charge >= 0.3 is 0 Å². The van der Waals surface area contributed by atoms with E-state index in [1.54, 1.807) is 0 Å². The molecule has 1 aromatic carbocycles. The van der Waals surface area contributed by atoms with Crippen molar-refractivity contribution in [1.82, 2.24) is 0 Å². The summed E-state index contributed by atoms with van der Waals surface area (Å²) in [7, 11) is 0. The highest BCUT2D eigenvalue weighted by atomic mass is 16.3. The van der Waals surface area contributed by atoms with Crippen molar-refractivity contribution in [2.24, 2.45) is 17.8 Å². The van der Waals surface area contributed by atoms with E-state index in [-0.39, 0.29) is 0 Å². The molecule has 0 radical (unpaired) electrons. The van der Waals surface area contributed by atoms with E-state index in [4.69, 9.17) is 0 Å². The summed E-state index contributed by atoms with van der Waals surface area (Å²) in [6.45, 7) is 8.93. The first kappa shape index (κ1) is 16.2. The number of hydrogen-bond donors (Lipinski definition) is 2. The zero-order valence-corrected chi connectivity index (χ0v) is 13.9. The van der Waals surface area contributed by atoms with Crippen LogP contribution in [0.5, 0.6) is 11.5 Å². The second-order valence-electron chi connectivity index (χ2n) is 7.24. The summed E-state index contributed by atoms with van der Waals surface area (Å²) in [5, 5.41) is 20.9. The van der Waals surface area contributed by atoms with E-state index in [2.05, 4.69) is 27.7 Å². The number of aromatic hydroxyl groups is 2. The summed E-state index contributed by atoms with van der Waals surface area (Å²) in [6.07, 6.45) is 5.40. The van der Waals surface area contributed by atoms with E-state index >= 15 is 0 Å². The Balaban J connectivity index is 2.30. The molecule has 1 saturated carbocycles. The summed E-state index contributed by atoms with van der Waals surface area (Å²) in [5.41, 5.74) is 1.83. The normalized spacial score (nSPS) is 25.7. The number of aryl methyl sites for hydroxylation is 1. The van der Waals surface area contributed by atoms with Crippen molar-refractivity contribution < 1.29 is 10.2 Å². The summed E-state index contributed by atoms with van der Waals surface area (Å²) < 4.78 is 0. The number of unbranched alkanes of at least 4 members (excludes halogenated alkanes) is 1. The Morgan fingerprint density at radius 1 is 1.14 bits per heavy atom. The maximum atomic E-state index is 10.5. The summed E-state index contributed by atoms with van der Waals surface area (Å²) in [4.78, 5) is 0. The molecule has 118 valence electrons. The van der Waals surface area contributed by atoms with Gasteiger partial charge < -0.3 is 10.2 Å². The molecule has 1 aliphatic carbocycles. The molecule has 0 bridgehead atoms. The van der Waals surface area contributed by atoms with Crippen LogP contribution in [0.2, 0.25) is 0 Å². The zero-order valence-electron chi connectivity index (χ0n) is 13.9. The number of phenols is 2. The van der Waals surface area contributed by atoms with Crippen LogP contribution in [0.1, 0.15) is 70.4 Å². The fraction of sp³-hybridized carbons (Fsp3) is 0.684. The lowest BCUT2D eigenvalue weighted by Gasteiger charge is -2.25. The number of hydrogen-bond acceptors (Lipinski definition) is 2. The van der Waals surface area contributed by atoms with Crippen LogP contribution in [0.4, 0.5) is 0 Å². The monoisotopic (exact) mass is 290 g/mol. The molecule has 1 aliphatic rings.